The van der Waals surface area contributed by atoms with Gasteiger partial charge in [-0.1, -0.05) is 18.2 Å². The van der Waals surface area contributed by atoms with Crippen LogP contribution in [0.1, 0.15) is 6.42 Å². The molecule has 1 fully saturated rings. The lowest BCUT2D eigenvalue weighted by molar-refractivity contribution is 0.275. The lowest BCUT2D eigenvalue weighted by Crippen LogP contribution is -2.32. The van der Waals surface area contributed by atoms with Crippen molar-refractivity contribution in [2.24, 2.45) is 5.92 Å². The van der Waals surface area contributed by atoms with Gasteiger partial charge < -0.3 is 14.8 Å². The Kier molecular flexibility index (Phi) is 4.63. The summed E-state index contributed by atoms with van der Waals surface area (Å²) in [5, 5.41) is 0. The Labute approximate surface area is 131 Å². The van der Waals surface area contributed by atoms with Crippen molar-refractivity contribution >= 4 is 5.69 Å². The quantitative estimate of drug-likeness (QED) is 0.882. The van der Waals surface area contributed by atoms with Crippen molar-refractivity contribution < 1.29 is 0 Å². The predicted octanol–water partition coefficient (Wildman–Crippen LogP) is 1.63. The van der Waals surface area contributed by atoms with Crippen molar-refractivity contribution in [3.05, 3.63) is 53.2 Å². The van der Waals surface area contributed by atoms with E-state index in [0.29, 0.717) is 5.92 Å². The Balaban J connectivity index is 1.46. The van der Waals surface area contributed by atoms with Crippen molar-refractivity contribution in [3.8, 4) is 0 Å². The molecule has 118 valence electrons. The minimum atomic E-state index is -0.0236. The summed E-state index contributed by atoms with van der Waals surface area (Å²) >= 11 is 0. The third kappa shape index (κ3) is 3.60. The normalized spacial score (nSPS) is 18.3. The van der Waals surface area contributed by atoms with Crippen LogP contribution in [0.3, 0.4) is 0 Å². The number of imidazole rings is 1. The average Bonchev–Trinajstić information content (AvgIpc) is 3.15. The van der Waals surface area contributed by atoms with Crippen molar-refractivity contribution in [2.45, 2.75) is 13.0 Å². The minimum absolute atomic E-state index is 0.0236. The minimum Gasteiger partial charge on any atom is -0.371 e. The van der Waals surface area contributed by atoms with Crippen LogP contribution in [0.5, 0.6) is 0 Å². The molecule has 1 aromatic carbocycles. The van der Waals surface area contributed by atoms with Crippen molar-refractivity contribution in [3.63, 3.8) is 0 Å². The lowest BCUT2D eigenvalue weighted by atomic mass is 10.1. The fourth-order valence-corrected chi connectivity index (χ4v) is 3.19. The fourth-order valence-electron chi connectivity index (χ4n) is 3.19. The second-order valence-corrected chi connectivity index (χ2v) is 6.16. The molecule has 3 rings (SSSR count). The van der Waals surface area contributed by atoms with Gasteiger partial charge in [0.15, 0.2) is 0 Å². The van der Waals surface area contributed by atoms with Crippen LogP contribution in [-0.2, 0) is 6.54 Å². The Hall–Kier alpha value is -2.01. The summed E-state index contributed by atoms with van der Waals surface area (Å²) < 4.78 is 1.72. The summed E-state index contributed by atoms with van der Waals surface area (Å²) in [5.41, 5.74) is 1.30. The summed E-state index contributed by atoms with van der Waals surface area (Å²) in [4.78, 5) is 18.9. The molecule has 0 amide bonds. The number of likely N-dealkylation sites (N-methyl/N-ethyl adjacent to an activating group) is 1. The van der Waals surface area contributed by atoms with E-state index in [1.165, 1.54) is 12.1 Å². The highest BCUT2D eigenvalue weighted by Crippen LogP contribution is 2.23. The average molecular weight is 300 g/mol. The van der Waals surface area contributed by atoms with Gasteiger partial charge in [0, 0.05) is 50.8 Å². The van der Waals surface area contributed by atoms with Crippen LogP contribution in [0.25, 0.3) is 0 Å². The van der Waals surface area contributed by atoms with Crippen LogP contribution in [-0.4, -0.2) is 47.7 Å². The summed E-state index contributed by atoms with van der Waals surface area (Å²) in [6.07, 6.45) is 4.74. The number of nitrogens with zero attached hydrogens (tertiary/aromatic N) is 3. The van der Waals surface area contributed by atoms with Crippen molar-refractivity contribution in [2.75, 3.05) is 38.1 Å². The summed E-state index contributed by atoms with van der Waals surface area (Å²) in [7, 11) is 2.14. The van der Waals surface area contributed by atoms with Crippen LogP contribution >= 0.6 is 0 Å². The van der Waals surface area contributed by atoms with E-state index in [1.807, 2.05) is 6.20 Å². The fraction of sp³-hybridized carbons (Fsp3) is 0.471. The van der Waals surface area contributed by atoms with E-state index in [0.717, 1.165) is 32.7 Å². The molecule has 22 heavy (non-hydrogen) atoms. The first kappa shape index (κ1) is 14.9. The van der Waals surface area contributed by atoms with E-state index in [1.54, 1.807) is 10.8 Å². The monoisotopic (exact) mass is 300 g/mol. The SMILES string of the molecule is CN(CCn1cc[nH]c1=O)CC1CCN(c2ccccc2)C1. The third-order valence-corrected chi connectivity index (χ3v) is 4.42. The van der Waals surface area contributed by atoms with Gasteiger partial charge in [0.25, 0.3) is 0 Å². The summed E-state index contributed by atoms with van der Waals surface area (Å²) in [6.45, 7) is 4.99. The Morgan fingerprint density at radius 1 is 1.32 bits per heavy atom. The molecular formula is C17H24N4O. The number of hydrogen-bond donors (Lipinski definition) is 1. The highest BCUT2D eigenvalue weighted by atomic mass is 16.1. The summed E-state index contributed by atoms with van der Waals surface area (Å²) in [5.74, 6) is 0.702. The molecule has 1 aliphatic heterocycles. The molecule has 1 aliphatic rings. The van der Waals surface area contributed by atoms with E-state index in [9.17, 15) is 4.79 Å². The Bertz CT molecular complexity index is 633. The zero-order valence-electron chi connectivity index (χ0n) is 13.1. The maximum absolute atomic E-state index is 11.5. The van der Waals surface area contributed by atoms with E-state index in [-0.39, 0.29) is 5.69 Å². The first-order valence-electron chi connectivity index (χ1n) is 7.95. The molecule has 1 saturated heterocycles. The van der Waals surface area contributed by atoms with E-state index < -0.39 is 0 Å². The van der Waals surface area contributed by atoms with Gasteiger partial charge in [0.1, 0.15) is 0 Å². The van der Waals surface area contributed by atoms with Crippen LogP contribution in [0.4, 0.5) is 5.69 Å². The highest BCUT2D eigenvalue weighted by Gasteiger charge is 2.23. The molecule has 0 spiro atoms. The number of rotatable bonds is 6. The molecule has 0 aliphatic carbocycles. The molecule has 5 nitrogen and oxygen atoms in total. The number of para-hydroxylation sites is 1. The van der Waals surface area contributed by atoms with Gasteiger partial charge >= 0.3 is 5.69 Å². The second kappa shape index (κ2) is 6.83. The third-order valence-electron chi connectivity index (χ3n) is 4.42. The van der Waals surface area contributed by atoms with Gasteiger partial charge in [-0.2, -0.15) is 0 Å². The molecule has 0 saturated carbocycles. The molecular weight excluding hydrogens is 276 g/mol. The number of nitrogens with one attached hydrogen (secondary N) is 1. The van der Waals surface area contributed by atoms with Gasteiger partial charge in [0.05, 0.1) is 0 Å². The molecule has 0 bridgehead atoms. The molecule has 2 heterocycles. The van der Waals surface area contributed by atoms with Gasteiger partial charge in [0.2, 0.25) is 0 Å². The maximum atomic E-state index is 11.5. The van der Waals surface area contributed by atoms with E-state index >= 15 is 0 Å². The largest absolute Gasteiger partial charge is 0.371 e. The second-order valence-electron chi connectivity index (χ2n) is 6.16. The maximum Gasteiger partial charge on any atom is 0.325 e. The number of H-pyrrole nitrogens is 1. The van der Waals surface area contributed by atoms with Gasteiger partial charge in [-0.25, -0.2) is 4.79 Å². The predicted molar refractivity (Wildman–Crippen MR) is 89.3 cm³/mol. The first-order valence-corrected chi connectivity index (χ1v) is 7.95. The molecule has 1 N–H and O–H groups in total. The van der Waals surface area contributed by atoms with E-state index in [2.05, 4.69) is 52.2 Å². The standard InChI is InChI=1S/C17H24N4O/c1-19(11-12-20-10-8-18-17(20)22)13-15-7-9-21(14-15)16-5-3-2-4-6-16/h2-6,8,10,15H,7,9,11-14H2,1H3,(H,18,22). The number of anilines is 1. The smallest absolute Gasteiger partial charge is 0.325 e. The van der Waals surface area contributed by atoms with Crippen LogP contribution < -0.4 is 10.6 Å². The zero-order chi connectivity index (χ0) is 15.4. The lowest BCUT2D eigenvalue weighted by Gasteiger charge is -2.22. The Morgan fingerprint density at radius 3 is 2.86 bits per heavy atom. The van der Waals surface area contributed by atoms with Crippen LogP contribution in [0.15, 0.2) is 47.5 Å². The van der Waals surface area contributed by atoms with Crippen LogP contribution in [0, 0.1) is 5.92 Å². The number of aromatic nitrogens is 2. The van der Waals surface area contributed by atoms with Crippen molar-refractivity contribution in [1.82, 2.24) is 14.5 Å². The highest BCUT2D eigenvalue weighted by molar-refractivity contribution is 5.46. The summed E-state index contributed by atoms with van der Waals surface area (Å²) in [6, 6.07) is 10.6. The Morgan fingerprint density at radius 2 is 2.14 bits per heavy atom. The molecule has 1 unspecified atom stereocenters. The zero-order valence-corrected chi connectivity index (χ0v) is 13.1. The van der Waals surface area contributed by atoms with E-state index in [4.69, 9.17) is 0 Å². The topological polar surface area (TPSA) is 44.3 Å². The number of benzene rings is 1. The molecule has 1 atom stereocenters. The van der Waals surface area contributed by atoms with Crippen LogP contribution in [0.2, 0.25) is 0 Å². The van der Waals surface area contributed by atoms with Crippen molar-refractivity contribution in [1.29, 1.82) is 0 Å². The molecule has 2 aromatic rings. The number of aromatic amines is 1. The molecule has 0 radical (unpaired) electrons. The van der Waals surface area contributed by atoms with Gasteiger partial charge in [-0.3, -0.25) is 4.57 Å². The van der Waals surface area contributed by atoms with Gasteiger partial charge in [-0.05, 0) is 31.5 Å². The van der Waals surface area contributed by atoms with Gasteiger partial charge in [-0.15, -0.1) is 0 Å². The molecule has 5 heteroatoms. The first-order chi connectivity index (χ1) is 10.7. The molecule has 1 aromatic heterocycles. The number of hydrogen-bond acceptors (Lipinski definition) is 3.